The first-order chi connectivity index (χ1) is 26.0. The zero-order valence-corrected chi connectivity index (χ0v) is 28.0. The smallest absolute Gasteiger partial charge is 0.309 e. The normalized spacial score (nSPS) is 12.2. The second-order valence-electron chi connectivity index (χ2n) is 13.1. The molecule has 0 saturated heterocycles. The van der Waals surface area contributed by atoms with Crippen molar-refractivity contribution < 1.29 is 26.3 Å². The Morgan fingerprint density at radius 3 is 1.72 bits per heavy atom. The van der Waals surface area contributed by atoms with Crippen LogP contribution in [0.25, 0.3) is 77.2 Å². The van der Waals surface area contributed by atoms with E-state index in [1.807, 2.05) is 77.4 Å². The van der Waals surface area contributed by atoms with Gasteiger partial charge >= 0.3 is 12.4 Å². The minimum absolute atomic E-state index is 0.0953. The summed E-state index contributed by atoms with van der Waals surface area (Å²) in [6.07, 6.45) is -10.3. The van der Waals surface area contributed by atoms with Crippen LogP contribution in [0.2, 0.25) is 0 Å². The van der Waals surface area contributed by atoms with Gasteiger partial charge in [0.15, 0.2) is 0 Å². The van der Waals surface area contributed by atoms with Gasteiger partial charge in [-0.1, -0.05) is 109 Å². The summed E-state index contributed by atoms with van der Waals surface area (Å²) in [6.45, 7) is 0. The molecule has 9 aromatic rings. The van der Waals surface area contributed by atoms with Crippen molar-refractivity contribution in [3.63, 3.8) is 0 Å². The quantitative estimate of drug-likeness (QED) is 0.167. The third kappa shape index (κ3) is 5.21. The van der Waals surface area contributed by atoms with Gasteiger partial charge in [-0.2, -0.15) is 31.6 Å². The number of para-hydroxylation sites is 2. The van der Waals surface area contributed by atoms with Crippen molar-refractivity contribution in [2.45, 2.75) is 12.4 Å². The molecule has 9 rings (SSSR count). The third-order valence-electron chi connectivity index (χ3n) is 9.99. The Bertz CT molecular complexity index is 2960. The molecule has 0 fully saturated rings. The molecule has 0 unspecified atom stereocenters. The fourth-order valence-corrected chi connectivity index (χ4v) is 7.67. The molecule has 9 heteroatoms. The van der Waals surface area contributed by atoms with Crippen molar-refractivity contribution in [3.05, 3.63) is 168 Å². The summed E-state index contributed by atoms with van der Waals surface area (Å²) in [4.78, 5) is 0. The molecule has 0 atom stereocenters. The van der Waals surface area contributed by atoms with E-state index in [0.29, 0.717) is 38.8 Å². The van der Waals surface area contributed by atoms with Crippen LogP contribution in [0, 0.1) is 11.3 Å². The lowest BCUT2D eigenvalue weighted by Crippen LogP contribution is -2.16. The first-order valence-electron chi connectivity index (χ1n) is 17.0. The molecule has 2 aromatic heterocycles. The molecule has 2 heterocycles. The number of hydrogen-bond acceptors (Lipinski definition) is 1. The van der Waals surface area contributed by atoms with Crippen molar-refractivity contribution in [1.29, 1.82) is 5.26 Å². The largest absolute Gasteiger partial charge is 0.418 e. The van der Waals surface area contributed by atoms with Crippen LogP contribution in [0.15, 0.2) is 152 Å². The molecule has 0 amide bonds. The van der Waals surface area contributed by atoms with E-state index in [0.717, 1.165) is 38.8 Å². The lowest BCUT2D eigenvalue weighted by Gasteiger charge is -2.20. The highest BCUT2D eigenvalue weighted by atomic mass is 19.4. The summed E-state index contributed by atoms with van der Waals surface area (Å²) in [5.41, 5.74) is 2.54. The molecule has 0 aliphatic rings. The number of rotatable bonds is 4. The summed E-state index contributed by atoms with van der Waals surface area (Å²) in [6, 6.07) is 46.6. The number of hydrogen-bond donors (Lipinski definition) is 0. The fraction of sp³-hybridized carbons (Fsp3) is 0.0444. The van der Waals surface area contributed by atoms with Gasteiger partial charge in [0.05, 0.1) is 44.4 Å². The summed E-state index contributed by atoms with van der Waals surface area (Å²) in [7, 11) is 0. The van der Waals surface area contributed by atoms with Gasteiger partial charge in [0.25, 0.3) is 0 Å². The van der Waals surface area contributed by atoms with Crippen LogP contribution in [0.3, 0.4) is 0 Å². The van der Waals surface area contributed by atoms with Crippen LogP contribution < -0.4 is 0 Å². The van der Waals surface area contributed by atoms with Gasteiger partial charge in [0.1, 0.15) is 6.07 Å². The van der Waals surface area contributed by atoms with Crippen LogP contribution in [0.4, 0.5) is 26.3 Å². The van der Waals surface area contributed by atoms with Gasteiger partial charge in [-0.05, 0) is 64.7 Å². The fourth-order valence-electron chi connectivity index (χ4n) is 7.67. The Labute approximate surface area is 304 Å². The predicted molar refractivity (Wildman–Crippen MR) is 201 cm³/mol. The third-order valence-corrected chi connectivity index (χ3v) is 9.99. The maximum atomic E-state index is 14.9. The zero-order valence-electron chi connectivity index (χ0n) is 28.0. The summed E-state index contributed by atoms with van der Waals surface area (Å²) in [5.74, 6) is 0. The second-order valence-corrected chi connectivity index (χ2v) is 13.1. The molecule has 0 spiro atoms. The number of nitriles is 1. The lowest BCUT2D eigenvalue weighted by atomic mass is 10.00. The number of alkyl halides is 6. The standard InChI is InChI=1S/C45H25F6N3/c46-44(47,48)32-23-31(26-52)42(37(25-32)45(49,50)51)54-38-15-6-4-13-34(38)35-21-22-40-41(43(35)54)36-14-5-7-16-39(36)53(40)33-12-8-11-30(24-33)29-19-17-28(18-20-29)27-9-2-1-3-10-27/h1-25H. The monoisotopic (exact) mass is 721 g/mol. The van der Waals surface area contributed by atoms with Crippen molar-refractivity contribution >= 4 is 43.6 Å². The molecule has 0 radical (unpaired) electrons. The molecule has 3 nitrogen and oxygen atoms in total. The number of aromatic nitrogens is 2. The number of halogens is 6. The van der Waals surface area contributed by atoms with Gasteiger partial charge < -0.3 is 9.13 Å². The van der Waals surface area contributed by atoms with Crippen molar-refractivity contribution in [1.82, 2.24) is 9.13 Å². The highest BCUT2D eigenvalue weighted by Crippen LogP contribution is 2.46. The van der Waals surface area contributed by atoms with Gasteiger partial charge in [0.2, 0.25) is 0 Å². The molecule has 0 bridgehead atoms. The Balaban J connectivity index is 1.34. The van der Waals surface area contributed by atoms with Gasteiger partial charge in [-0.3, -0.25) is 0 Å². The van der Waals surface area contributed by atoms with E-state index in [-0.39, 0.29) is 6.07 Å². The Hall–Kier alpha value is -6.79. The van der Waals surface area contributed by atoms with Gasteiger partial charge in [-0.15, -0.1) is 0 Å². The van der Waals surface area contributed by atoms with Crippen molar-refractivity contribution in [3.8, 4) is 39.7 Å². The highest BCUT2D eigenvalue weighted by Gasteiger charge is 2.41. The summed E-state index contributed by atoms with van der Waals surface area (Å²) >= 11 is 0. The van der Waals surface area contributed by atoms with E-state index in [2.05, 4.69) is 42.5 Å². The second kappa shape index (κ2) is 12.1. The molecule has 0 N–H and O–H groups in total. The van der Waals surface area contributed by atoms with Crippen LogP contribution in [0.5, 0.6) is 0 Å². The van der Waals surface area contributed by atoms with Crippen molar-refractivity contribution in [2.75, 3.05) is 0 Å². The Kier molecular flexibility index (Phi) is 7.43. The molecule has 0 aliphatic carbocycles. The molecule has 0 saturated carbocycles. The molecular weight excluding hydrogens is 697 g/mol. The minimum atomic E-state index is -5.22. The van der Waals surface area contributed by atoms with E-state index in [1.54, 1.807) is 30.3 Å². The zero-order chi connectivity index (χ0) is 37.4. The molecule has 54 heavy (non-hydrogen) atoms. The minimum Gasteiger partial charge on any atom is -0.309 e. The highest BCUT2D eigenvalue weighted by molar-refractivity contribution is 6.26. The van der Waals surface area contributed by atoms with Crippen LogP contribution in [-0.4, -0.2) is 9.13 Å². The average Bonchev–Trinajstić information content (AvgIpc) is 3.70. The van der Waals surface area contributed by atoms with Crippen molar-refractivity contribution in [2.24, 2.45) is 0 Å². The maximum absolute atomic E-state index is 14.9. The number of nitrogens with zero attached hydrogens (tertiary/aromatic N) is 3. The molecule has 262 valence electrons. The van der Waals surface area contributed by atoms with Crippen LogP contribution >= 0.6 is 0 Å². The van der Waals surface area contributed by atoms with E-state index in [9.17, 15) is 31.6 Å². The van der Waals surface area contributed by atoms with E-state index in [1.165, 1.54) is 4.57 Å². The van der Waals surface area contributed by atoms with E-state index < -0.39 is 34.7 Å². The molecular formula is C45H25F6N3. The maximum Gasteiger partial charge on any atom is 0.418 e. The topological polar surface area (TPSA) is 33.6 Å². The summed E-state index contributed by atoms with van der Waals surface area (Å²) in [5, 5.41) is 12.7. The predicted octanol–water partition coefficient (Wildman–Crippen LogP) is 13.1. The molecule has 7 aromatic carbocycles. The van der Waals surface area contributed by atoms with Gasteiger partial charge in [0, 0.05) is 27.2 Å². The number of fused-ring (bicyclic) bond motifs is 7. The summed E-state index contributed by atoms with van der Waals surface area (Å²) < 4.78 is 89.9. The van der Waals surface area contributed by atoms with E-state index >= 15 is 0 Å². The number of benzene rings is 7. The lowest BCUT2D eigenvalue weighted by molar-refractivity contribution is -0.143. The van der Waals surface area contributed by atoms with Crippen LogP contribution in [0.1, 0.15) is 16.7 Å². The first kappa shape index (κ1) is 33.1. The van der Waals surface area contributed by atoms with Gasteiger partial charge in [-0.25, -0.2) is 0 Å². The average molecular weight is 722 g/mol. The first-order valence-corrected chi connectivity index (χ1v) is 17.0. The molecule has 0 aliphatic heterocycles. The Morgan fingerprint density at radius 1 is 0.463 bits per heavy atom. The SMILES string of the molecule is N#Cc1cc(C(F)(F)F)cc(C(F)(F)F)c1-n1c2ccccc2c2ccc3c(c4ccccc4n3-c3cccc(-c4ccc(-c5ccccc5)cc4)c3)c21. The Morgan fingerprint density at radius 2 is 1.06 bits per heavy atom. The van der Waals surface area contributed by atoms with Crippen LogP contribution in [-0.2, 0) is 12.4 Å². The van der Waals surface area contributed by atoms with E-state index in [4.69, 9.17) is 0 Å².